The van der Waals surface area contributed by atoms with E-state index in [0.29, 0.717) is 18.8 Å². The first-order valence-corrected chi connectivity index (χ1v) is 5.89. The smallest absolute Gasteiger partial charge is 0.325 e. The van der Waals surface area contributed by atoms with Gasteiger partial charge >= 0.3 is 5.97 Å². The van der Waals surface area contributed by atoms with Crippen molar-refractivity contribution in [2.45, 2.75) is 25.8 Å². The Morgan fingerprint density at radius 3 is 2.58 bits per heavy atom. The number of benzene rings is 1. The van der Waals surface area contributed by atoms with E-state index in [4.69, 9.17) is 9.84 Å². The van der Waals surface area contributed by atoms with E-state index >= 15 is 0 Å². The molecule has 0 saturated carbocycles. The quantitative estimate of drug-likeness (QED) is 0.737. The summed E-state index contributed by atoms with van der Waals surface area (Å²) >= 11 is 0. The number of carbonyl (C=O) groups is 2. The number of nitrogens with one attached hydrogen (secondary N) is 1. The Balaban J connectivity index is 2.18. The highest BCUT2D eigenvalue weighted by molar-refractivity contribution is 5.83. The lowest BCUT2D eigenvalue weighted by atomic mass is 10.2. The van der Waals surface area contributed by atoms with E-state index in [1.165, 1.54) is 31.2 Å². The molecule has 0 aromatic heterocycles. The minimum atomic E-state index is -1.07. The molecule has 1 aromatic carbocycles. The first-order chi connectivity index (χ1) is 8.99. The number of halogens is 1. The Kier molecular flexibility index (Phi) is 5.78. The lowest BCUT2D eigenvalue weighted by Crippen LogP contribution is -2.38. The molecule has 1 atom stereocenters. The molecule has 1 amide bonds. The maximum absolute atomic E-state index is 12.6. The van der Waals surface area contributed by atoms with Crippen molar-refractivity contribution in [3.8, 4) is 5.75 Å². The highest BCUT2D eigenvalue weighted by Crippen LogP contribution is 2.11. The number of hydrogen-bond acceptors (Lipinski definition) is 3. The number of amides is 1. The minimum Gasteiger partial charge on any atom is -0.494 e. The van der Waals surface area contributed by atoms with Crippen LogP contribution in [-0.4, -0.2) is 29.6 Å². The molecule has 2 N–H and O–H groups in total. The molecule has 0 aliphatic carbocycles. The standard InChI is InChI=1S/C13H16FNO4/c1-9(13(17)18)15-12(16)3-2-8-19-11-6-4-10(14)5-7-11/h4-7,9H,2-3,8H2,1H3,(H,15,16)(H,17,18)/t9-/m1/s1. The molecule has 0 fully saturated rings. The molecule has 0 unspecified atom stereocenters. The monoisotopic (exact) mass is 269 g/mol. The van der Waals surface area contributed by atoms with Crippen LogP contribution < -0.4 is 10.1 Å². The van der Waals surface area contributed by atoms with Crippen LogP contribution in [0.4, 0.5) is 4.39 Å². The predicted molar refractivity (Wildman–Crippen MR) is 66.4 cm³/mol. The summed E-state index contributed by atoms with van der Waals surface area (Å²) in [5.74, 6) is -1.22. The van der Waals surface area contributed by atoms with Crippen molar-refractivity contribution in [1.82, 2.24) is 5.32 Å². The first-order valence-electron chi connectivity index (χ1n) is 5.89. The van der Waals surface area contributed by atoms with Crippen LogP contribution in [0.2, 0.25) is 0 Å². The lowest BCUT2D eigenvalue weighted by Gasteiger charge is -2.09. The molecule has 0 radical (unpaired) electrons. The summed E-state index contributed by atoms with van der Waals surface area (Å²) in [6, 6.07) is 4.68. The lowest BCUT2D eigenvalue weighted by molar-refractivity contribution is -0.141. The largest absolute Gasteiger partial charge is 0.494 e. The van der Waals surface area contributed by atoms with Crippen molar-refractivity contribution < 1.29 is 23.8 Å². The third-order valence-electron chi connectivity index (χ3n) is 2.38. The molecular formula is C13H16FNO4. The van der Waals surface area contributed by atoms with Gasteiger partial charge in [0.25, 0.3) is 0 Å². The molecule has 0 aliphatic rings. The first kappa shape index (κ1) is 14.9. The van der Waals surface area contributed by atoms with Gasteiger partial charge in [-0.25, -0.2) is 4.39 Å². The second-order valence-electron chi connectivity index (χ2n) is 4.03. The maximum Gasteiger partial charge on any atom is 0.325 e. The summed E-state index contributed by atoms with van der Waals surface area (Å²) in [6.07, 6.45) is 0.633. The topological polar surface area (TPSA) is 75.6 Å². The summed E-state index contributed by atoms with van der Waals surface area (Å²) in [7, 11) is 0. The fourth-order valence-corrected chi connectivity index (χ4v) is 1.33. The van der Waals surface area contributed by atoms with Crippen molar-refractivity contribution >= 4 is 11.9 Å². The van der Waals surface area contributed by atoms with Crippen molar-refractivity contribution in [1.29, 1.82) is 0 Å². The number of rotatable bonds is 7. The van der Waals surface area contributed by atoms with E-state index in [1.807, 2.05) is 0 Å². The van der Waals surface area contributed by atoms with Gasteiger partial charge in [0.15, 0.2) is 0 Å². The molecule has 6 heteroatoms. The third-order valence-corrected chi connectivity index (χ3v) is 2.38. The predicted octanol–water partition coefficient (Wildman–Crippen LogP) is 1.57. The zero-order chi connectivity index (χ0) is 14.3. The van der Waals surface area contributed by atoms with Gasteiger partial charge in [-0.3, -0.25) is 9.59 Å². The number of ether oxygens (including phenoxy) is 1. The van der Waals surface area contributed by atoms with Crippen molar-refractivity contribution in [2.75, 3.05) is 6.61 Å². The molecule has 0 heterocycles. The Hall–Kier alpha value is -2.11. The molecule has 104 valence electrons. The second kappa shape index (κ2) is 7.35. The Morgan fingerprint density at radius 2 is 2.00 bits per heavy atom. The molecule has 1 rings (SSSR count). The van der Waals surface area contributed by atoms with Gasteiger partial charge in [0, 0.05) is 6.42 Å². The van der Waals surface area contributed by atoms with Crippen LogP contribution in [0.5, 0.6) is 5.75 Å². The highest BCUT2D eigenvalue weighted by Gasteiger charge is 2.13. The van der Waals surface area contributed by atoms with Crippen LogP contribution in [0.15, 0.2) is 24.3 Å². The molecule has 5 nitrogen and oxygen atoms in total. The number of hydrogen-bond donors (Lipinski definition) is 2. The summed E-state index contributed by atoms with van der Waals surface area (Å²) in [4.78, 5) is 21.8. The molecule has 0 spiro atoms. The van der Waals surface area contributed by atoms with Crippen LogP contribution in [0.25, 0.3) is 0 Å². The number of carbonyl (C=O) groups excluding carboxylic acids is 1. The van der Waals surface area contributed by atoms with E-state index in [9.17, 15) is 14.0 Å². The Bertz CT molecular complexity index is 433. The van der Waals surface area contributed by atoms with Crippen molar-refractivity contribution in [3.63, 3.8) is 0 Å². The maximum atomic E-state index is 12.6. The van der Waals surface area contributed by atoms with Crippen molar-refractivity contribution in [2.24, 2.45) is 0 Å². The molecule has 0 aliphatic heterocycles. The molecular weight excluding hydrogens is 253 g/mol. The Labute approximate surface area is 110 Å². The van der Waals surface area contributed by atoms with E-state index < -0.39 is 12.0 Å². The van der Waals surface area contributed by atoms with Gasteiger partial charge in [-0.05, 0) is 37.6 Å². The summed E-state index contributed by atoms with van der Waals surface area (Å²) in [5, 5.41) is 10.9. The minimum absolute atomic E-state index is 0.179. The van der Waals surface area contributed by atoms with Crippen molar-refractivity contribution in [3.05, 3.63) is 30.1 Å². The SMILES string of the molecule is C[C@@H](NC(=O)CCCOc1ccc(F)cc1)C(=O)O. The number of carboxylic acid groups (broad SMARTS) is 1. The van der Waals surface area contributed by atoms with Gasteiger partial charge in [0.1, 0.15) is 17.6 Å². The zero-order valence-electron chi connectivity index (χ0n) is 10.6. The van der Waals surface area contributed by atoms with Crippen LogP contribution >= 0.6 is 0 Å². The third kappa shape index (κ3) is 5.85. The van der Waals surface area contributed by atoms with Gasteiger partial charge < -0.3 is 15.2 Å². The summed E-state index contributed by atoms with van der Waals surface area (Å²) < 4.78 is 17.9. The summed E-state index contributed by atoms with van der Waals surface area (Å²) in [5.41, 5.74) is 0. The molecule has 0 saturated heterocycles. The number of aliphatic carboxylic acids is 1. The van der Waals surface area contributed by atoms with Gasteiger partial charge in [0.2, 0.25) is 5.91 Å². The van der Waals surface area contributed by atoms with Crippen LogP contribution in [0, 0.1) is 5.82 Å². The summed E-state index contributed by atoms with van der Waals surface area (Å²) in [6.45, 7) is 1.70. The average Bonchev–Trinajstić information content (AvgIpc) is 2.36. The number of carboxylic acids is 1. The Morgan fingerprint density at radius 1 is 1.37 bits per heavy atom. The normalized spacial score (nSPS) is 11.7. The van der Waals surface area contributed by atoms with E-state index in [0.717, 1.165) is 0 Å². The van der Waals surface area contributed by atoms with E-state index in [1.54, 1.807) is 0 Å². The van der Waals surface area contributed by atoms with Gasteiger partial charge in [-0.2, -0.15) is 0 Å². The highest BCUT2D eigenvalue weighted by atomic mass is 19.1. The van der Waals surface area contributed by atoms with Gasteiger partial charge in [-0.15, -0.1) is 0 Å². The fraction of sp³-hybridized carbons (Fsp3) is 0.385. The fourth-order valence-electron chi connectivity index (χ4n) is 1.33. The van der Waals surface area contributed by atoms with Gasteiger partial charge in [0.05, 0.1) is 6.61 Å². The molecule has 0 bridgehead atoms. The molecule has 19 heavy (non-hydrogen) atoms. The second-order valence-corrected chi connectivity index (χ2v) is 4.03. The van der Waals surface area contributed by atoms with Gasteiger partial charge in [-0.1, -0.05) is 0 Å². The molecule has 1 aromatic rings. The van der Waals surface area contributed by atoms with E-state index in [2.05, 4.69) is 5.32 Å². The van der Waals surface area contributed by atoms with Crippen LogP contribution in [0.1, 0.15) is 19.8 Å². The van der Waals surface area contributed by atoms with E-state index in [-0.39, 0.29) is 18.1 Å². The average molecular weight is 269 g/mol. The van der Waals surface area contributed by atoms with Crippen LogP contribution in [0.3, 0.4) is 0 Å². The zero-order valence-corrected chi connectivity index (χ0v) is 10.6. The van der Waals surface area contributed by atoms with Crippen LogP contribution in [-0.2, 0) is 9.59 Å².